The minimum Gasteiger partial charge on any atom is -0.497 e. The first kappa shape index (κ1) is 65.7. The number of ether oxygens (including phenoxy) is 2. The van der Waals surface area contributed by atoms with Crippen LogP contribution >= 0.6 is 0 Å². The van der Waals surface area contributed by atoms with E-state index in [1.54, 1.807) is 140 Å². The van der Waals surface area contributed by atoms with E-state index in [4.69, 9.17) is 24.8 Å². The predicted octanol–water partition coefficient (Wildman–Crippen LogP) is 12.7. The van der Waals surface area contributed by atoms with E-state index >= 15 is 0 Å². The van der Waals surface area contributed by atoms with E-state index in [1.165, 1.54) is 50.6 Å². The van der Waals surface area contributed by atoms with E-state index in [9.17, 15) is 44.0 Å². The smallest absolute Gasteiger partial charge is 0.335 e. The van der Waals surface area contributed by atoms with E-state index in [1.807, 2.05) is 37.3 Å². The highest BCUT2D eigenvalue weighted by Crippen LogP contribution is 2.32. The molecule has 0 aromatic heterocycles. The Kier molecular flexibility index (Phi) is 22.4. The van der Waals surface area contributed by atoms with Crippen LogP contribution in [-0.4, -0.2) is 72.7 Å². The lowest BCUT2D eigenvalue weighted by molar-refractivity contribution is 0.0686. The number of rotatable bonds is 23. The number of aryl methyl sites for hydroxylation is 8. The average Bonchev–Trinajstić information content (AvgIpc) is 3.70. The molecule has 0 aliphatic rings. The molecule has 0 spiro atoms. The Bertz CT molecular complexity index is 4280. The van der Waals surface area contributed by atoms with Gasteiger partial charge in [0.2, 0.25) is 0 Å². The summed E-state index contributed by atoms with van der Waals surface area (Å²) in [5, 5.41) is 27.0. The van der Waals surface area contributed by atoms with E-state index in [2.05, 4.69) is 14.2 Å². The molecule has 0 atom stereocenters. The second-order valence-corrected chi connectivity index (χ2v) is 25.0. The lowest BCUT2D eigenvalue weighted by Crippen LogP contribution is -2.15. The number of hydrogen-bond donors (Lipinski definition) is 6. The lowest BCUT2D eigenvalue weighted by atomic mass is 10.0. The Labute approximate surface area is 511 Å². The summed E-state index contributed by atoms with van der Waals surface area (Å²) < 4.78 is 109. The number of benzene rings is 9. The third-order valence-electron chi connectivity index (χ3n) is 13.8. The maximum atomic E-state index is 13.9. The van der Waals surface area contributed by atoms with Crippen LogP contribution in [0.25, 0.3) is 0 Å². The van der Waals surface area contributed by atoms with Crippen LogP contribution in [0.15, 0.2) is 221 Å². The lowest BCUT2D eigenvalue weighted by Gasteiger charge is -2.15. The van der Waals surface area contributed by atoms with E-state index in [0.717, 1.165) is 45.0 Å². The number of carboxylic acids is 3. The van der Waals surface area contributed by atoms with Gasteiger partial charge < -0.3 is 24.8 Å². The number of carbonyl (C=O) groups is 3. The molecule has 9 rings (SSSR count). The van der Waals surface area contributed by atoms with Gasteiger partial charge in [0.05, 0.1) is 52.9 Å². The molecular formula is C67H64FN3O14S3. The summed E-state index contributed by atoms with van der Waals surface area (Å²) in [6, 6.07) is 56.3. The average molecular weight is 1250 g/mol. The van der Waals surface area contributed by atoms with Crippen LogP contribution in [0.3, 0.4) is 0 Å². The van der Waals surface area contributed by atoms with Crippen LogP contribution in [0.5, 0.6) is 11.5 Å². The predicted molar refractivity (Wildman–Crippen MR) is 336 cm³/mol. The van der Waals surface area contributed by atoms with Crippen molar-refractivity contribution < 1.29 is 68.8 Å². The van der Waals surface area contributed by atoms with Gasteiger partial charge in [-0.3, -0.25) is 14.2 Å². The van der Waals surface area contributed by atoms with Crippen LogP contribution in [-0.2, 0) is 68.6 Å². The molecule has 0 bridgehead atoms. The number of aromatic carboxylic acids is 3. The minimum atomic E-state index is -4.05. The van der Waals surface area contributed by atoms with Crippen LogP contribution in [0.2, 0.25) is 0 Å². The summed E-state index contributed by atoms with van der Waals surface area (Å²) in [5.74, 6) is -3.11. The van der Waals surface area contributed by atoms with Crippen LogP contribution in [0.4, 0.5) is 21.5 Å². The standard InChI is InChI=1S/C23H23NO6S.C23H23NO4S.C21H18FNO4S/c1-29-19-13-14-21(30-2)22(15-19)31(27,28)24-20-6-4-3-5-17(20)10-7-16-8-11-18(12-9-16)23(25)26;1-16-7-14-22(17(2)15-16)29(27,28)24-21-6-4-3-5-19(21)11-8-18-9-12-20(13-10-18)23(25)26;22-18-6-2-4-8-20(18)28(26,27)23-19-7-3-1-5-16(19)12-9-15-10-13-17(14-11-15)21(24)25/h3-6,8-9,11-15,24H,7,10H2,1-2H3,(H,25,26);3-7,9-10,12-15,24H,8,11H2,1-2H3,(H,25,26);1-8,10-11,13-14,23H,9,12H2,(H,24,25). The van der Waals surface area contributed by atoms with Gasteiger partial charge in [0.1, 0.15) is 27.1 Å². The van der Waals surface area contributed by atoms with Gasteiger partial charge in [-0.15, -0.1) is 0 Å². The zero-order valence-electron chi connectivity index (χ0n) is 48.3. The van der Waals surface area contributed by atoms with Crippen molar-refractivity contribution in [3.05, 3.63) is 273 Å². The molecule has 0 amide bonds. The minimum absolute atomic E-state index is 0.0200. The Hall–Kier alpha value is -9.83. The molecule has 21 heteroatoms. The number of anilines is 3. The Morgan fingerprint density at radius 2 is 0.761 bits per heavy atom. The maximum absolute atomic E-state index is 13.9. The van der Waals surface area contributed by atoms with Gasteiger partial charge in [-0.1, -0.05) is 121 Å². The monoisotopic (exact) mass is 1250 g/mol. The van der Waals surface area contributed by atoms with E-state index in [-0.39, 0.29) is 32.2 Å². The molecule has 88 heavy (non-hydrogen) atoms. The number of nitrogens with one attached hydrogen (secondary N) is 3. The Morgan fingerprint density at radius 3 is 1.12 bits per heavy atom. The van der Waals surface area contributed by atoms with Gasteiger partial charge in [0.25, 0.3) is 30.1 Å². The molecule has 0 saturated carbocycles. The first-order valence-corrected chi connectivity index (χ1v) is 31.7. The quantitative estimate of drug-likeness (QED) is 0.0348. The van der Waals surface area contributed by atoms with Crippen molar-refractivity contribution in [1.82, 2.24) is 0 Å². The molecule has 0 unspecified atom stereocenters. The Morgan fingerprint density at radius 1 is 0.398 bits per heavy atom. The summed E-state index contributed by atoms with van der Waals surface area (Å²) >= 11 is 0. The van der Waals surface area contributed by atoms with Crippen LogP contribution in [0.1, 0.15) is 75.6 Å². The molecule has 6 N–H and O–H groups in total. The van der Waals surface area contributed by atoms with Crippen molar-refractivity contribution in [3.8, 4) is 11.5 Å². The molecule has 0 heterocycles. The van der Waals surface area contributed by atoms with Crippen molar-refractivity contribution in [2.45, 2.75) is 67.1 Å². The van der Waals surface area contributed by atoms with Gasteiger partial charge in [-0.05, 0) is 176 Å². The fraction of sp³-hybridized carbons (Fsp3) is 0.149. The molecule has 0 aliphatic carbocycles. The zero-order chi connectivity index (χ0) is 63.6. The van der Waals surface area contributed by atoms with Crippen molar-refractivity contribution >= 4 is 65.0 Å². The number of sulfonamides is 3. The second-order valence-electron chi connectivity index (χ2n) is 20.0. The summed E-state index contributed by atoms with van der Waals surface area (Å²) in [4.78, 5) is 32.7. The number of halogens is 1. The van der Waals surface area contributed by atoms with Gasteiger partial charge >= 0.3 is 17.9 Å². The topological polar surface area (TPSA) is 269 Å². The molecule has 456 valence electrons. The summed E-state index contributed by atoms with van der Waals surface area (Å²) in [6.45, 7) is 3.71. The molecule has 9 aromatic carbocycles. The van der Waals surface area contributed by atoms with Gasteiger partial charge in [-0.25, -0.2) is 44.0 Å². The zero-order valence-corrected chi connectivity index (χ0v) is 50.8. The maximum Gasteiger partial charge on any atom is 0.335 e. The third-order valence-corrected chi connectivity index (χ3v) is 18.2. The summed E-state index contributed by atoms with van der Waals surface area (Å²) in [5.41, 5.74) is 9.11. The number of para-hydroxylation sites is 3. The highest BCUT2D eigenvalue weighted by atomic mass is 32.2. The molecule has 0 aliphatic heterocycles. The normalized spacial score (nSPS) is 11.1. The first-order chi connectivity index (χ1) is 42.0. The fourth-order valence-corrected chi connectivity index (χ4v) is 12.9. The number of hydrogen-bond acceptors (Lipinski definition) is 11. The van der Waals surface area contributed by atoms with Crippen molar-refractivity contribution in [2.75, 3.05) is 28.4 Å². The van der Waals surface area contributed by atoms with Crippen LogP contribution in [0, 0.1) is 19.7 Å². The van der Waals surface area contributed by atoms with Crippen LogP contribution < -0.4 is 23.6 Å². The Balaban J connectivity index is 0.000000189. The molecule has 0 radical (unpaired) electrons. The largest absolute Gasteiger partial charge is 0.497 e. The number of carboxylic acid groups (broad SMARTS) is 3. The molecule has 0 saturated heterocycles. The molecular weight excluding hydrogens is 1190 g/mol. The molecule has 9 aromatic rings. The van der Waals surface area contributed by atoms with Gasteiger partial charge in [0.15, 0.2) is 0 Å². The fourth-order valence-electron chi connectivity index (χ4n) is 9.15. The second kappa shape index (κ2) is 30.0. The van der Waals surface area contributed by atoms with Gasteiger partial charge in [-0.2, -0.15) is 0 Å². The van der Waals surface area contributed by atoms with Crippen molar-refractivity contribution in [3.63, 3.8) is 0 Å². The third kappa shape index (κ3) is 18.1. The summed E-state index contributed by atoms with van der Waals surface area (Å²) in [6.07, 6.45) is 3.61. The van der Waals surface area contributed by atoms with E-state index in [0.29, 0.717) is 66.9 Å². The van der Waals surface area contributed by atoms with E-state index < -0.39 is 58.7 Å². The number of methoxy groups -OCH3 is 2. The molecule has 0 fully saturated rings. The summed E-state index contributed by atoms with van der Waals surface area (Å²) in [7, 11) is -8.81. The van der Waals surface area contributed by atoms with Gasteiger partial charge in [0, 0.05) is 6.07 Å². The SMILES string of the molecule is COc1ccc(OC)c(S(=O)(=O)Nc2ccccc2CCc2ccc(C(=O)O)cc2)c1.Cc1ccc(S(=O)(=O)Nc2ccccc2CCc2ccc(C(=O)O)cc2)c(C)c1.O=C(O)c1ccc(CCc2ccccc2NS(=O)(=O)c2ccccc2F)cc1. The highest BCUT2D eigenvalue weighted by Gasteiger charge is 2.24. The van der Waals surface area contributed by atoms with Crippen molar-refractivity contribution in [2.24, 2.45) is 0 Å². The molecule has 17 nitrogen and oxygen atoms in total. The first-order valence-electron chi connectivity index (χ1n) is 27.3. The van der Waals surface area contributed by atoms with Crippen molar-refractivity contribution in [1.29, 1.82) is 0 Å². The highest BCUT2D eigenvalue weighted by molar-refractivity contribution is 7.93.